The minimum Gasteiger partial charge on any atom is -0.462 e. The fraction of sp³-hybridized carbons (Fsp3) is 0.750. The Morgan fingerprint density at radius 1 is 1.33 bits per heavy atom. The van der Waals surface area contributed by atoms with E-state index in [0.29, 0.717) is 12.2 Å². The van der Waals surface area contributed by atoms with Crippen LogP contribution in [0.15, 0.2) is 12.2 Å². The molecule has 15 heavy (non-hydrogen) atoms. The van der Waals surface area contributed by atoms with Crippen LogP contribution >= 0.6 is 0 Å². The van der Waals surface area contributed by atoms with Gasteiger partial charge in [-0.25, -0.2) is 4.79 Å². The zero-order valence-electron chi connectivity index (χ0n) is 9.63. The average Bonchev–Trinajstić information content (AvgIpc) is 2.25. The van der Waals surface area contributed by atoms with Gasteiger partial charge in [-0.1, -0.05) is 13.0 Å². The van der Waals surface area contributed by atoms with Gasteiger partial charge < -0.3 is 9.64 Å². The average molecular weight is 211 g/mol. The van der Waals surface area contributed by atoms with Gasteiger partial charge in [0.15, 0.2) is 0 Å². The zero-order valence-corrected chi connectivity index (χ0v) is 9.63. The number of nitrogens with zero attached hydrogens (tertiary/aromatic N) is 1. The van der Waals surface area contributed by atoms with Crippen molar-refractivity contribution in [2.45, 2.75) is 32.6 Å². The van der Waals surface area contributed by atoms with Crippen LogP contribution in [0.4, 0.5) is 0 Å². The Morgan fingerprint density at radius 3 is 2.60 bits per heavy atom. The van der Waals surface area contributed by atoms with Crippen molar-refractivity contribution in [3.63, 3.8) is 0 Å². The minimum atomic E-state index is -0.270. The van der Waals surface area contributed by atoms with E-state index in [9.17, 15) is 4.79 Å². The van der Waals surface area contributed by atoms with Crippen molar-refractivity contribution in [1.29, 1.82) is 0 Å². The maximum atomic E-state index is 11.1. The number of hydrogen-bond donors (Lipinski definition) is 0. The molecule has 0 amide bonds. The highest BCUT2D eigenvalue weighted by Crippen LogP contribution is 2.08. The Bertz CT molecular complexity index is 220. The molecule has 3 nitrogen and oxygen atoms in total. The van der Waals surface area contributed by atoms with Gasteiger partial charge in [0, 0.05) is 12.1 Å². The molecule has 1 aliphatic rings. The van der Waals surface area contributed by atoms with E-state index in [1.165, 1.54) is 32.4 Å². The smallest absolute Gasteiger partial charge is 0.333 e. The molecule has 1 aliphatic heterocycles. The molecule has 0 saturated carbocycles. The number of rotatable bonds is 5. The van der Waals surface area contributed by atoms with Crippen LogP contribution < -0.4 is 0 Å². The number of piperidine rings is 1. The monoisotopic (exact) mass is 211 g/mol. The molecule has 0 aliphatic carbocycles. The first-order valence-electron chi connectivity index (χ1n) is 5.75. The van der Waals surface area contributed by atoms with Crippen LogP contribution in [0.2, 0.25) is 0 Å². The summed E-state index contributed by atoms with van der Waals surface area (Å²) in [7, 11) is 0. The summed E-state index contributed by atoms with van der Waals surface area (Å²) in [5.41, 5.74) is 0.480. The van der Waals surface area contributed by atoms with E-state index in [-0.39, 0.29) is 5.97 Å². The first-order chi connectivity index (χ1) is 7.20. The van der Waals surface area contributed by atoms with Crippen LogP contribution in [-0.4, -0.2) is 37.1 Å². The van der Waals surface area contributed by atoms with Crippen LogP contribution in [0.25, 0.3) is 0 Å². The predicted octanol–water partition coefficient (Wildman–Crippen LogP) is 1.98. The largest absolute Gasteiger partial charge is 0.462 e. The number of likely N-dealkylation sites (tertiary alicyclic amines) is 1. The van der Waals surface area contributed by atoms with E-state index in [1.807, 2.05) is 0 Å². The van der Waals surface area contributed by atoms with Gasteiger partial charge in [-0.05, 0) is 39.3 Å². The van der Waals surface area contributed by atoms with Gasteiger partial charge in [-0.2, -0.15) is 0 Å². The minimum absolute atomic E-state index is 0.270. The quantitative estimate of drug-likeness (QED) is 0.395. The first-order valence-corrected chi connectivity index (χ1v) is 5.75. The maximum Gasteiger partial charge on any atom is 0.333 e. The zero-order chi connectivity index (χ0) is 11.1. The Kier molecular flexibility index (Phi) is 5.40. The molecule has 1 heterocycles. The molecule has 1 fully saturated rings. The van der Waals surface area contributed by atoms with Gasteiger partial charge in [0.05, 0.1) is 6.61 Å². The number of ether oxygens (including phenoxy) is 1. The highest BCUT2D eigenvalue weighted by molar-refractivity contribution is 5.86. The van der Waals surface area contributed by atoms with Crippen molar-refractivity contribution in [2.75, 3.05) is 26.2 Å². The van der Waals surface area contributed by atoms with E-state index in [1.54, 1.807) is 6.92 Å². The fourth-order valence-electron chi connectivity index (χ4n) is 1.76. The van der Waals surface area contributed by atoms with Crippen molar-refractivity contribution in [3.8, 4) is 0 Å². The lowest BCUT2D eigenvalue weighted by Crippen LogP contribution is -2.31. The molecule has 3 heteroatoms. The van der Waals surface area contributed by atoms with Gasteiger partial charge in [0.25, 0.3) is 0 Å². The van der Waals surface area contributed by atoms with E-state index in [2.05, 4.69) is 11.5 Å². The number of hydrogen-bond acceptors (Lipinski definition) is 3. The molecule has 0 atom stereocenters. The summed E-state index contributed by atoms with van der Waals surface area (Å²) in [4.78, 5) is 13.5. The summed E-state index contributed by atoms with van der Waals surface area (Å²) in [5, 5.41) is 0. The van der Waals surface area contributed by atoms with Crippen molar-refractivity contribution < 1.29 is 9.53 Å². The van der Waals surface area contributed by atoms with Crippen LogP contribution in [0.1, 0.15) is 32.6 Å². The molecule has 0 unspecified atom stereocenters. The SMILES string of the molecule is C=C(C)C(=O)OCCCN1CCCCC1. The number of carbonyl (C=O) groups excluding carboxylic acids is 1. The van der Waals surface area contributed by atoms with Gasteiger partial charge in [-0.3, -0.25) is 0 Å². The van der Waals surface area contributed by atoms with Gasteiger partial charge in [0.2, 0.25) is 0 Å². The Morgan fingerprint density at radius 2 is 2.00 bits per heavy atom. The fourth-order valence-corrected chi connectivity index (χ4v) is 1.76. The van der Waals surface area contributed by atoms with Crippen molar-refractivity contribution in [3.05, 3.63) is 12.2 Å². The highest BCUT2D eigenvalue weighted by Gasteiger charge is 2.09. The van der Waals surface area contributed by atoms with Crippen molar-refractivity contribution >= 4 is 5.97 Å². The van der Waals surface area contributed by atoms with Crippen LogP contribution in [0.3, 0.4) is 0 Å². The summed E-state index contributed by atoms with van der Waals surface area (Å²) in [6, 6.07) is 0. The third kappa shape index (κ3) is 4.98. The molecule has 0 radical (unpaired) electrons. The Hall–Kier alpha value is -0.830. The lowest BCUT2D eigenvalue weighted by atomic mass is 10.1. The third-order valence-electron chi connectivity index (χ3n) is 2.65. The van der Waals surface area contributed by atoms with Crippen molar-refractivity contribution in [2.24, 2.45) is 0 Å². The van der Waals surface area contributed by atoms with Crippen LogP contribution in [0.5, 0.6) is 0 Å². The second-order valence-corrected chi connectivity index (χ2v) is 4.17. The van der Waals surface area contributed by atoms with E-state index < -0.39 is 0 Å². The molecule has 0 aromatic rings. The molecule has 0 aromatic heterocycles. The molecule has 0 spiro atoms. The topological polar surface area (TPSA) is 29.5 Å². The summed E-state index contributed by atoms with van der Waals surface area (Å²) in [6.45, 7) is 9.18. The molecule has 0 bridgehead atoms. The lowest BCUT2D eigenvalue weighted by molar-refractivity contribution is -0.139. The molecular weight excluding hydrogens is 190 g/mol. The van der Waals surface area contributed by atoms with Crippen molar-refractivity contribution in [1.82, 2.24) is 4.90 Å². The molecular formula is C12H21NO2. The molecule has 0 N–H and O–H groups in total. The Labute approximate surface area is 92.1 Å². The lowest BCUT2D eigenvalue weighted by Gasteiger charge is -2.26. The normalized spacial score (nSPS) is 17.4. The molecule has 1 saturated heterocycles. The van der Waals surface area contributed by atoms with E-state index in [0.717, 1.165) is 13.0 Å². The molecule has 86 valence electrons. The number of carbonyl (C=O) groups is 1. The van der Waals surface area contributed by atoms with Gasteiger partial charge in [0.1, 0.15) is 0 Å². The maximum absolute atomic E-state index is 11.1. The second kappa shape index (κ2) is 6.62. The summed E-state index contributed by atoms with van der Waals surface area (Å²) in [6.07, 6.45) is 4.91. The van der Waals surface area contributed by atoms with E-state index in [4.69, 9.17) is 4.74 Å². The van der Waals surface area contributed by atoms with Gasteiger partial charge in [-0.15, -0.1) is 0 Å². The first kappa shape index (κ1) is 12.2. The standard InChI is InChI=1S/C12H21NO2/c1-11(2)12(14)15-10-6-9-13-7-4-3-5-8-13/h1,3-10H2,2H3. The Balaban J connectivity index is 2.01. The predicted molar refractivity (Wildman–Crippen MR) is 60.7 cm³/mol. The molecule has 1 rings (SSSR count). The molecule has 0 aromatic carbocycles. The summed E-state index contributed by atoms with van der Waals surface area (Å²) in [5.74, 6) is -0.270. The van der Waals surface area contributed by atoms with Crippen LogP contribution in [0, 0.1) is 0 Å². The second-order valence-electron chi connectivity index (χ2n) is 4.17. The van der Waals surface area contributed by atoms with Crippen LogP contribution in [-0.2, 0) is 9.53 Å². The van der Waals surface area contributed by atoms with Gasteiger partial charge >= 0.3 is 5.97 Å². The third-order valence-corrected chi connectivity index (χ3v) is 2.65. The summed E-state index contributed by atoms with van der Waals surface area (Å²) >= 11 is 0. The highest BCUT2D eigenvalue weighted by atomic mass is 16.5. The van der Waals surface area contributed by atoms with E-state index >= 15 is 0 Å². The number of esters is 1. The summed E-state index contributed by atoms with van der Waals surface area (Å²) < 4.78 is 5.03.